The van der Waals surface area contributed by atoms with Gasteiger partial charge in [0.15, 0.2) is 0 Å². The number of rotatable bonds is 3. The third-order valence-electron chi connectivity index (χ3n) is 2.47. The molecule has 1 heterocycles. The van der Waals surface area contributed by atoms with Crippen LogP contribution in [0.15, 0.2) is 24.4 Å². The topological polar surface area (TPSA) is 42.0 Å². The minimum Gasteiger partial charge on any atom is -0.345 e. The minimum atomic E-state index is -2.96. The molecular weight excluding hydrogens is 226 g/mol. The van der Waals surface area contributed by atoms with Crippen molar-refractivity contribution in [2.24, 2.45) is 5.41 Å². The Labute approximate surface area is 99.2 Å². The van der Waals surface area contributed by atoms with Gasteiger partial charge in [-0.05, 0) is 12.1 Å². The summed E-state index contributed by atoms with van der Waals surface area (Å²) >= 11 is 0. The molecule has 5 heteroatoms. The fraction of sp³-hybridized carbons (Fsp3) is 0.500. The molecule has 0 bridgehead atoms. The molecule has 1 aromatic heterocycles. The first-order valence-corrected chi connectivity index (χ1v) is 5.31. The first-order chi connectivity index (χ1) is 7.74. The summed E-state index contributed by atoms with van der Waals surface area (Å²) in [6.45, 7) is 3.60. The number of nitrogens with one attached hydrogen (secondary N) is 1. The lowest BCUT2D eigenvalue weighted by atomic mass is 9.88. The van der Waals surface area contributed by atoms with E-state index in [0.717, 1.165) is 0 Å². The van der Waals surface area contributed by atoms with Gasteiger partial charge in [-0.2, -0.15) is 0 Å². The second-order valence-electron chi connectivity index (χ2n) is 4.85. The quantitative estimate of drug-likeness (QED) is 0.884. The maximum atomic E-state index is 13.6. The molecule has 1 aromatic rings. The first kappa shape index (κ1) is 13.5. The van der Waals surface area contributed by atoms with Crippen molar-refractivity contribution in [1.82, 2.24) is 10.3 Å². The maximum Gasteiger partial charge on any atom is 0.270 e. The van der Waals surface area contributed by atoms with Crippen LogP contribution in [0.4, 0.5) is 8.78 Å². The number of carbonyl (C=O) groups is 1. The van der Waals surface area contributed by atoms with Crippen molar-refractivity contribution in [2.45, 2.75) is 26.7 Å². The van der Waals surface area contributed by atoms with E-state index in [1.807, 2.05) is 0 Å². The molecule has 0 fully saturated rings. The zero-order valence-corrected chi connectivity index (χ0v) is 10.1. The monoisotopic (exact) mass is 242 g/mol. The number of alkyl halides is 2. The van der Waals surface area contributed by atoms with Gasteiger partial charge in [0, 0.05) is 11.6 Å². The summed E-state index contributed by atoms with van der Waals surface area (Å²) in [5.74, 6) is -3.55. The van der Waals surface area contributed by atoms with Crippen molar-refractivity contribution < 1.29 is 13.6 Å². The second-order valence-corrected chi connectivity index (χ2v) is 4.85. The second kappa shape index (κ2) is 4.77. The van der Waals surface area contributed by atoms with Gasteiger partial charge in [-0.15, -0.1) is 0 Å². The van der Waals surface area contributed by atoms with Gasteiger partial charge in [-0.3, -0.25) is 9.78 Å². The molecule has 0 saturated carbocycles. The van der Waals surface area contributed by atoms with E-state index in [1.54, 1.807) is 12.1 Å². The van der Waals surface area contributed by atoms with Crippen molar-refractivity contribution in [1.29, 1.82) is 0 Å². The van der Waals surface area contributed by atoms with Crippen LogP contribution in [0.2, 0.25) is 0 Å². The lowest BCUT2D eigenvalue weighted by Gasteiger charge is -2.30. The van der Waals surface area contributed by atoms with E-state index in [1.165, 1.54) is 33.0 Å². The smallest absolute Gasteiger partial charge is 0.270 e. The number of halogens is 2. The molecule has 1 amide bonds. The standard InChI is InChI=1S/C12H16F2N2O/c1-11(2,3)12(13,14)8-16-10(17)9-6-4-5-7-15-9/h4-7H,8H2,1-3H3,(H,16,17). The Morgan fingerprint density at radius 2 is 2.00 bits per heavy atom. The first-order valence-electron chi connectivity index (χ1n) is 5.31. The zero-order chi connectivity index (χ0) is 13.1. The van der Waals surface area contributed by atoms with Crippen LogP contribution >= 0.6 is 0 Å². The van der Waals surface area contributed by atoms with Crippen LogP contribution in [0.5, 0.6) is 0 Å². The molecule has 0 unspecified atom stereocenters. The van der Waals surface area contributed by atoms with Crippen LogP contribution in [-0.4, -0.2) is 23.4 Å². The molecule has 3 nitrogen and oxygen atoms in total. The van der Waals surface area contributed by atoms with E-state index in [-0.39, 0.29) is 5.69 Å². The zero-order valence-electron chi connectivity index (χ0n) is 10.1. The van der Waals surface area contributed by atoms with Crippen LogP contribution in [0.3, 0.4) is 0 Å². The molecule has 0 radical (unpaired) electrons. The van der Waals surface area contributed by atoms with Gasteiger partial charge in [-0.25, -0.2) is 8.78 Å². The summed E-state index contributed by atoms with van der Waals surface area (Å²) in [7, 11) is 0. The van der Waals surface area contributed by atoms with E-state index in [4.69, 9.17) is 0 Å². The van der Waals surface area contributed by atoms with Gasteiger partial charge in [-0.1, -0.05) is 26.8 Å². The molecule has 1 rings (SSSR count). The van der Waals surface area contributed by atoms with Gasteiger partial charge in [0.2, 0.25) is 0 Å². The van der Waals surface area contributed by atoms with Crippen molar-refractivity contribution >= 4 is 5.91 Å². The third-order valence-corrected chi connectivity index (χ3v) is 2.47. The molecule has 0 aliphatic heterocycles. The van der Waals surface area contributed by atoms with Crippen molar-refractivity contribution in [2.75, 3.05) is 6.54 Å². The molecule has 1 N–H and O–H groups in total. The Morgan fingerprint density at radius 1 is 1.35 bits per heavy atom. The largest absolute Gasteiger partial charge is 0.345 e. The minimum absolute atomic E-state index is 0.136. The van der Waals surface area contributed by atoms with E-state index in [0.29, 0.717) is 0 Å². The number of pyridine rings is 1. The van der Waals surface area contributed by atoms with Crippen molar-refractivity contribution in [3.63, 3.8) is 0 Å². The normalized spacial score (nSPS) is 12.3. The Bertz CT molecular complexity index is 385. The SMILES string of the molecule is CC(C)(C)C(F)(F)CNC(=O)c1ccccn1. The highest BCUT2D eigenvalue weighted by Gasteiger charge is 2.43. The molecule has 0 aromatic carbocycles. The van der Waals surface area contributed by atoms with E-state index < -0.39 is 23.8 Å². The van der Waals surface area contributed by atoms with Gasteiger partial charge < -0.3 is 5.32 Å². The summed E-state index contributed by atoms with van der Waals surface area (Å²) in [5, 5.41) is 2.19. The summed E-state index contributed by atoms with van der Waals surface area (Å²) < 4.78 is 27.1. The number of amides is 1. The number of nitrogens with zero attached hydrogens (tertiary/aromatic N) is 1. The van der Waals surface area contributed by atoms with E-state index >= 15 is 0 Å². The van der Waals surface area contributed by atoms with E-state index in [2.05, 4.69) is 10.3 Å². The molecule has 17 heavy (non-hydrogen) atoms. The number of aromatic nitrogens is 1. The van der Waals surface area contributed by atoms with Gasteiger partial charge >= 0.3 is 0 Å². The van der Waals surface area contributed by atoms with Gasteiger partial charge in [0.05, 0.1) is 6.54 Å². The lowest BCUT2D eigenvalue weighted by Crippen LogP contribution is -2.45. The third kappa shape index (κ3) is 3.47. The van der Waals surface area contributed by atoms with E-state index in [9.17, 15) is 13.6 Å². The molecule has 0 saturated heterocycles. The fourth-order valence-electron chi connectivity index (χ4n) is 1.04. The highest BCUT2D eigenvalue weighted by Crippen LogP contribution is 2.34. The lowest BCUT2D eigenvalue weighted by molar-refractivity contribution is -0.0916. The summed E-state index contributed by atoms with van der Waals surface area (Å²) in [6.07, 6.45) is 1.44. The predicted octanol–water partition coefficient (Wildman–Crippen LogP) is 2.49. The highest BCUT2D eigenvalue weighted by atomic mass is 19.3. The Hall–Kier alpha value is -1.52. The highest BCUT2D eigenvalue weighted by molar-refractivity contribution is 5.92. The molecular formula is C12H16F2N2O. The van der Waals surface area contributed by atoms with Gasteiger partial charge in [0.1, 0.15) is 5.69 Å². The van der Waals surface area contributed by atoms with Gasteiger partial charge in [0.25, 0.3) is 11.8 Å². The molecule has 94 valence electrons. The fourth-order valence-corrected chi connectivity index (χ4v) is 1.04. The Kier molecular flexibility index (Phi) is 3.80. The Balaban J connectivity index is 2.61. The number of hydrogen-bond acceptors (Lipinski definition) is 2. The molecule has 0 atom stereocenters. The van der Waals surface area contributed by atoms with Crippen LogP contribution < -0.4 is 5.32 Å². The Morgan fingerprint density at radius 3 is 2.47 bits per heavy atom. The maximum absolute atomic E-state index is 13.6. The number of hydrogen-bond donors (Lipinski definition) is 1. The van der Waals surface area contributed by atoms with Crippen LogP contribution in [-0.2, 0) is 0 Å². The van der Waals surface area contributed by atoms with Crippen molar-refractivity contribution in [3.8, 4) is 0 Å². The molecule has 0 aliphatic rings. The van der Waals surface area contributed by atoms with Crippen molar-refractivity contribution in [3.05, 3.63) is 30.1 Å². The average molecular weight is 242 g/mol. The average Bonchev–Trinajstić information content (AvgIpc) is 2.25. The summed E-state index contributed by atoms with van der Waals surface area (Å²) in [5.41, 5.74) is -1.05. The molecule has 0 spiro atoms. The number of carbonyl (C=O) groups excluding carboxylic acids is 1. The van der Waals surface area contributed by atoms with Crippen LogP contribution in [0, 0.1) is 5.41 Å². The summed E-state index contributed by atoms with van der Waals surface area (Å²) in [4.78, 5) is 15.3. The predicted molar refractivity (Wildman–Crippen MR) is 61.0 cm³/mol. The molecule has 0 aliphatic carbocycles. The van der Waals surface area contributed by atoms with Crippen LogP contribution in [0.1, 0.15) is 31.3 Å². The van der Waals surface area contributed by atoms with Crippen LogP contribution in [0.25, 0.3) is 0 Å². The summed E-state index contributed by atoms with van der Waals surface area (Å²) in [6, 6.07) is 4.76.